The molecule has 1 aliphatic carbocycles. The van der Waals surface area contributed by atoms with Crippen molar-refractivity contribution in [2.45, 2.75) is 45.3 Å². The average Bonchev–Trinajstić information content (AvgIpc) is 3.10. The largest absolute Gasteiger partial charge is 0.493 e. The molecule has 5 nitrogen and oxygen atoms in total. The summed E-state index contributed by atoms with van der Waals surface area (Å²) in [6.45, 7) is 5.35. The first-order valence-corrected chi connectivity index (χ1v) is 8.58. The second-order valence-corrected chi connectivity index (χ2v) is 6.11. The minimum Gasteiger partial charge on any atom is -0.493 e. The highest BCUT2D eigenvalue weighted by Crippen LogP contribution is 2.43. The standard InChI is InChI=1S/C19H23NO4/c1-3-10-23-15-7-5-6-13-14(15)12-16(24-11-4-2)19(13)20-17(21)8-9-18(20)22/h5-9,16,19H,3-4,10-12H2,1-2H3/t16-,19-/m0/s1. The van der Waals surface area contributed by atoms with Gasteiger partial charge in [0.15, 0.2) is 0 Å². The van der Waals surface area contributed by atoms with Crippen molar-refractivity contribution in [3.63, 3.8) is 0 Å². The molecule has 0 bridgehead atoms. The minimum absolute atomic E-state index is 0.223. The molecule has 24 heavy (non-hydrogen) atoms. The summed E-state index contributed by atoms with van der Waals surface area (Å²) in [7, 11) is 0. The van der Waals surface area contributed by atoms with Gasteiger partial charge in [-0.15, -0.1) is 0 Å². The number of imide groups is 1. The number of carbonyl (C=O) groups is 2. The summed E-state index contributed by atoms with van der Waals surface area (Å²) in [4.78, 5) is 25.7. The van der Waals surface area contributed by atoms with Gasteiger partial charge in [-0.1, -0.05) is 26.0 Å². The van der Waals surface area contributed by atoms with E-state index in [9.17, 15) is 9.59 Å². The van der Waals surface area contributed by atoms with Gasteiger partial charge in [0, 0.05) is 30.7 Å². The summed E-state index contributed by atoms with van der Waals surface area (Å²) in [5, 5.41) is 0. The lowest BCUT2D eigenvalue weighted by molar-refractivity contribution is -0.143. The second-order valence-electron chi connectivity index (χ2n) is 6.11. The third-order valence-electron chi connectivity index (χ3n) is 4.36. The van der Waals surface area contributed by atoms with Crippen LogP contribution in [0.1, 0.15) is 43.9 Å². The van der Waals surface area contributed by atoms with Crippen molar-refractivity contribution in [2.75, 3.05) is 13.2 Å². The highest BCUT2D eigenvalue weighted by Gasteiger charge is 2.44. The molecule has 3 rings (SSSR count). The molecule has 0 unspecified atom stereocenters. The molecule has 2 atom stereocenters. The van der Waals surface area contributed by atoms with Crippen molar-refractivity contribution in [1.29, 1.82) is 0 Å². The predicted octanol–water partition coefficient (Wildman–Crippen LogP) is 2.79. The van der Waals surface area contributed by atoms with Gasteiger partial charge in [-0.2, -0.15) is 0 Å². The van der Waals surface area contributed by atoms with Crippen LogP contribution >= 0.6 is 0 Å². The molecule has 1 aromatic rings. The summed E-state index contributed by atoms with van der Waals surface area (Å²) in [6.07, 6.45) is 4.90. The fourth-order valence-electron chi connectivity index (χ4n) is 3.35. The summed E-state index contributed by atoms with van der Waals surface area (Å²) in [5.74, 6) is 0.277. The van der Waals surface area contributed by atoms with Gasteiger partial charge in [0.1, 0.15) is 5.75 Å². The van der Waals surface area contributed by atoms with Gasteiger partial charge in [0.05, 0.1) is 18.8 Å². The minimum atomic E-state index is -0.383. The first-order chi connectivity index (χ1) is 11.7. The predicted molar refractivity (Wildman–Crippen MR) is 89.7 cm³/mol. The number of ether oxygens (including phenoxy) is 2. The van der Waals surface area contributed by atoms with Crippen LogP contribution in [0.5, 0.6) is 5.75 Å². The van der Waals surface area contributed by atoms with Crippen LogP contribution in [0.4, 0.5) is 0 Å². The van der Waals surface area contributed by atoms with E-state index in [4.69, 9.17) is 9.47 Å². The number of amides is 2. The monoisotopic (exact) mass is 329 g/mol. The number of nitrogens with zero attached hydrogens (tertiary/aromatic N) is 1. The normalized spacial score (nSPS) is 22.3. The Labute approximate surface area is 142 Å². The summed E-state index contributed by atoms with van der Waals surface area (Å²) < 4.78 is 11.8. The average molecular weight is 329 g/mol. The van der Waals surface area contributed by atoms with Gasteiger partial charge in [0.25, 0.3) is 11.8 Å². The summed E-state index contributed by atoms with van der Waals surface area (Å²) in [5.41, 5.74) is 2.00. The number of rotatable bonds is 7. The van der Waals surface area contributed by atoms with Crippen LogP contribution in [-0.2, 0) is 20.7 Å². The molecule has 1 aliphatic heterocycles. The van der Waals surface area contributed by atoms with Crippen LogP contribution in [0.15, 0.2) is 30.4 Å². The molecule has 0 spiro atoms. The smallest absolute Gasteiger partial charge is 0.254 e. The van der Waals surface area contributed by atoms with Crippen molar-refractivity contribution < 1.29 is 19.1 Å². The third-order valence-corrected chi connectivity index (χ3v) is 4.36. The van der Waals surface area contributed by atoms with Gasteiger partial charge in [-0.3, -0.25) is 14.5 Å². The van der Waals surface area contributed by atoms with E-state index in [1.54, 1.807) is 0 Å². The Bertz CT molecular complexity index is 649. The Morgan fingerprint density at radius 3 is 2.46 bits per heavy atom. The van der Waals surface area contributed by atoms with Gasteiger partial charge < -0.3 is 9.47 Å². The van der Waals surface area contributed by atoms with Crippen molar-refractivity contribution in [1.82, 2.24) is 4.90 Å². The topological polar surface area (TPSA) is 55.8 Å². The molecule has 0 saturated heterocycles. The molecule has 1 heterocycles. The molecule has 0 aromatic heterocycles. The number of carbonyl (C=O) groups excluding carboxylic acids is 2. The summed E-state index contributed by atoms with van der Waals surface area (Å²) >= 11 is 0. The molecule has 0 fully saturated rings. The van der Waals surface area contributed by atoms with Crippen molar-refractivity contribution >= 4 is 11.8 Å². The SMILES string of the molecule is CCCOc1cccc2c1C[C@H](OCCC)[C@H]2N1C(=O)C=CC1=O. The van der Waals surface area contributed by atoms with E-state index >= 15 is 0 Å². The van der Waals surface area contributed by atoms with Crippen LogP contribution in [0.2, 0.25) is 0 Å². The van der Waals surface area contributed by atoms with Crippen LogP contribution in [0, 0.1) is 0 Å². The Balaban J connectivity index is 1.96. The lowest BCUT2D eigenvalue weighted by Gasteiger charge is -2.28. The highest BCUT2D eigenvalue weighted by molar-refractivity contribution is 6.13. The first-order valence-electron chi connectivity index (χ1n) is 8.58. The number of hydrogen-bond donors (Lipinski definition) is 0. The Morgan fingerprint density at radius 2 is 1.79 bits per heavy atom. The van der Waals surface area contributed by atoms with E-state index in [1.165, 1.54) is 17.1 Å². The van der Waals surface area contributed by atoms with Crippen molar-refractivity contribution in [2.24, 2.45) is 0 Å². The van der Waals surface area contributed by atoms with Crippen LogP contribution < -0.4 is 4.74 Å². The van der Waals surface area contributed by atoms with E-state index in [2.05, 4.69) is 6.92 Å². The zero-order chi connectivity index (χ0) is 17.1. The molecule has 0 saturated carbocycles. The van der Waals surface area contributed by atoms with Gasteiger partial charge in [0.2, 0.25) is 0 Å². The second kappa shape index (κ2) is 7.18. The molecule has 2 amide bonds. The van der Waals surface area contributed by atoms with E-state index in [1.807, 2.05) is 25.1 Å². The molecule has 2 aliphatic rings. The van der Waals surface area contributed by atoms with Crippen molar-refractivity contribution in [3.8, 4) is 5.75 Å². The van der Waals surface area contributed by atoms with Crippen LogP contribution in [-0.4, -0.2) is 36.0 Å². The molecule has 0 radical (unpaired) electrons. The zero-order valence-corrected chi connectivity index (χ0v) is 14.2. The molecule has 0 N–H and O–H groups in total. The fraction of sp³-hybridized carbons (Fsp3) is 0.474. The fourth-order valence-corrected chi connectivity index (χ4v) is 3.35. The maximum atomic E-state index is 12.2. The lowest BCUT2D eigenvalue weighted by Crippen LogP contribution is -2.39. The van der Waals surface area contributed by atoms with E-state index in [0.717, 1.165) is 29.7 Å². The maximum Gasteiger partial charge on any atom is 0.254 e. The zero-order valence-electron chi connectivity index (χ0n) is 14.2. The van der Waals surface area contributed by atoms with Crippen LogP contribution in [0.25, 0.3) is 0 Å². The van der Waals surface area contributed by atoms with Gasteiger partial charge in [-0.05, 0) is 24.5 Å². The molecule has 1 aromatic carbocycles. The van der Waals surface area contributed by atoms with E-state index in [0.29, 0.717) is 19.6 Å². The first kappa shape index (κ1) is 16.7. The number of fused-ring (bicyclic) bond motifs is 1. The molecular weight excluding hydrogens is 306 g/mol. The quantitative estimate of drug-likeness (QED) is 0.722. The maximum absolute atomic E-state index is 12.2. The molecular formula is C19H23NO4. The van der Waals surface area contributed by atoms with Crippen molar-refractivity contribution in [3.05, 3.63) is 41.5 Å². The Morgan fingerprint density at radius 1 is 1.08 bits per heavy atom. The van der Waals surface area contributed by atoms with Crippen LogP contribution in [0.3, 0.4) is 0 Å². The highest BCUT2D eigenvalue weighted by atomic mass is 16.5. The molecule has 128 valence electrons. The number of hydrogen-bond acceptors (Lipinski definition) is 4. The third kappa shape index (κ3) is 2.96. The number of benzene rings is 1. The Kier molecular flexibility index (Phi) is 5.00. The Hall–Kier alpha value is -2.14. The van der Waals surface area contributed by atoms with E-state index < -0.39 is 0 Å². The van der Waals surface area contributed by atoms with Gasteiger partial charge in [-0.25, -0.2) is 0 Å². The summed E-state index contributed by atoms with van der Waals surface area (Å²) in [6, 6.07) is 5.44. The molecule has 5 heteroatoms. The van der Waals surface area contributed by atoms with E-state index in [-0.39, 0.29) is 24.0 Å². The van der Waals surface area contributed by atoms with Gasteiger partial charge >= 0.3 is 0 Å². The lowest BCUT2D eigenvalue weighted by atomic mass is 10.1.